The van der Waals surface area contributed by atoms with Crippen LogP contribution in [0.5, 0.6) is 0 Å². The highest BCUT2D eigenvalue weighted by molar-refractivity contribution is 5.95. The number of aromatic nitrogens is 2. The largest absolute Gasteiger partial charge is 0.336 e. The number of benzene rings is 2. The van der Waals surface area contributed by atoms with E-state index in [1.807, 2.05) is 19.1 Å². The second-order valence-electron chi connectivity index (χ2n) is 6.57. The molecule has 142 valence electrons. The van der Waals surface area contributed by atoms with Crippen LogP contribution in [0, 0.1) is 6.92 Å². The maximum atomic E-state index is 12.6. The molecule has 1 fully saturated rings. The van der Waals surface area contributed by atoms with E-state index >= 15 is 0 Å². The van der Waals surface area contributed by atoms with Crippen molar-refractivity contribution in [3.63, 3.8) is 0 Å². The zero-order chi connectivity index (χ0) is 19.7. The van der Waals surface area contributed by atoms with Gasteiger partial charge in [0, 0.05) is 29.9 Å². The molecule has 1 saturated heterocycles. The monoisotopic (exact) mass is 377 g/mol. The fourth-order valence-corrected chi connectivity index (χ4v) is 3.29. The molecule has 8 heteroatoms. The third-order valence-electron chi connectivity index (χ3n) is 4.67. The molecule has 1 aliphatic rings. The molecule has 8 nitrogen and oxygen atoms in total. The molecule has 0 radical (unpaired) electrons. The molecule has 4 rings (SSSR count). The molecule has 1 aliphatic heterocycles. The van der Waals surface area contributed by atoms with Crippen LogP contribution in [0.3, 0.4) is 0 Å². The Morgan fingerprint density at radius 1 is 1.11 bits per heavy atom. The lowest BCUT2D eigenvalue weighted by Gasteiger charge is -2.15. The number of aryl methyl sites for hydroxylation is 1. The Hall–Kier alpha value is -3.68. The van der Waals surface area contributed by atoms with Crippen LogP contribution in [0.15, 0.2) is 53.3 Å². The number of nitrogens with zero attached hydrogens (tertiary/aromatic N) is 3. The third-order valence-corrected chi connectivity index (χ3v) is 4.67. The Morgan fingerprint density at radius 3 is 2.50 bits per heavy atom. The first-order chi connectivity index (χ1) is 13.5. The number of nitrogens with one attached hydrogen (secondary N) is 2. The summed E-state index contributed by atoms with van der Waals surface area (Å²) in [5.41, 5.74) is 1.73. The van der Waals surface area contributed by atoms with Gasteiger partial charge in [-0.15, -0.1) is 0 Å². The molecule has 1 aromatic heterocycles. The van der Waals surface area contributed by atoms with Gasteiger partial charge < -0.3 is 10.6 Å². The van der Waals surface area contributed by atoms with Gasteiger partial charge in [0.25, 0.3) is 5.56 Å². The molecule has 2 aromatic carbocycles. The fraction of sp³-hybridized carbons (Fsp3) is 0.200. The molecule has 3 amide bonds. The first-order valence-corrected chi connectivity index (χ1v) is 8.95. The van der Waals surface area contributed by atoms with Gasteiger partial charge in [0.1, 0.15) is 6.54 Å². The number of rotatable bonds is 4. The number of hydrogen-bond donors (Lipinski definition) is 2. The van der Waals surface area contributed by atoms with Crippen molar-refractivity contribution < 1.29 is 9.59 Å². The minimum absolute atomic E-state index is 0.131. The number of amides is 3. The maximum absolute atomic E-state index is 12.6. The Kier molecular flexibility index (Phi) is 4.52. The van der Waals surface area contributed by atoms with Gasteiger partial charge in [0.2, 0.25) is 5.91 Å². The summed E-state index contributed by atoms with van der Waals surface area (Å²) in [6.45, 7) is 2.86. The van der Waals surface area contributed by atoms with Gasteiger partial charge >= 0.3 is 6.03 Å². The van der Waals surface area contributed by atoms with E-state index in [1.165, 1.54) is 4.68 Å². The molecular formula is C20H19N5O3. The fourth-order valence-electron chi connectivity index (χ4n) is 3.29. The number of carbonyl (C=O) groups excluding carboxylic acids is 2. The van der Waals surface area contributed by atoms with E-state index in [0.717, 1.165) is 11.1 Å². The molecule has 0 saturated carbocycles. The van der Waals surface area contributed by atoms with Crippen LogP contribution in [0.25, 0.3) is 10.8 Å². The van der Waals surface area contributed by atoms with Crippen molar-refractivity contribution in [2.75, 3.05) is 23.3 Å². The summed E-state index contributed by atoms with van der Waals surface area (Å²) in [4.78, 5) is 38.3. The summed E-state index contributed by atoms with van der Waals surface area (Å²) in [7, 11) is 0. The van der Waals surface area contributed by atoms with Gasteiger partial charge in [0.15, 0.2) is 0 Å². The van der Waals surface area contributed by atoms with Crippen molar-refractivity contribution in [2.24, 2.45) is 0 Å². The van der Waals surface area contributed by atoms with Crippen LogP contribution in [-0.4, -0.2) is 34.8 Å². The predicted octanol–water partition coefficient (Wildman–Crippen LogP) is 1.87. The normalized spacial score (nSPS) is 13.6. The average molecular weight is 377 g/mol. The van der Waals surface area contributed by atoms with E-state index in [4.69, 9.17) is 0 Å². The van der Waals surface area contributed by atoms with Crippen LogP contribution < -0.4 is 21.1 Å². The number of urea groups is 1. The molecular weight excluding hydrogens is 358 g/mol. The molecule has 0 atom stereocenters. The first kappa shape index (κ1) is 17.7. The topological polar surface area (TPSA) is 96.3 Å². The van der Waals surface area contributed by atoms with Crippen LogP contribution in [0.1, 0.15) is 5.69 Å². The Balaban J connectivity index is 1.49. The molecule has 0 bridgehead atoms. The average Bonchev–Trinajstić information content (AvgIpc) is 3.12. The van der Waals surface area contributed by atoms with E-state index in [2.05, 4.69) is 15.7 Å². The van der Waals surface area contributed by atoms with Crippen molar-refractivity contribution in [1.82, 2.24) is 15.1 Å². The lowest BCUT2D eigenvalue weighted by atomic mass is 10.1. The molecule has 2 N–H and O–H groups in total. The SMILES string of the molecule is Cc1nn(CC(=O)Nc2ccc(N3CCNC3=O)cc2)c(=O)c2ccccc12. The van der Waals surface area contributed by atoms with Crippen LogP contribution in [0.4, 0.5) is 16.2 Å². The maximum Gasteiger partial charge on any atom is 0.321 e. The summed E-state index contributed by atoms with van der Waals surface area (Å²) < 4.78 is 1.18. The quantitative estimate of drug-likeness (QED) is 0.725. The number of fused-ring (bicyclic) bond motifs is 1. The zero-order valence-corrected chi connectivity index (χ0v) is 15.3. The van der Waals surface area contributed by atoms with Crippen LogP contribution in [-0.2, 0) is 11.3 Å². The molecule has 2 heterocycles. The summed E-state index contributed by atoms with van der Waals surface area (Å²) in [5, 5.41) is 11.1. The second kappa shape index (κ2) is 7.15. The summed E-state index contributed by atoms with van der Waals surface area (Å²) in [6, 6.07) is 14.1. The summed E-state index contributed by atoms with van der Waals surface area (Å²) in [5.74, 6) is -0.351. The van der Waals surface area contributed by atoms with Crippen molar-refractivity contribution in [3.05, 3.63) is 64.6 Å². The lowest BCUT2D eigenvalue weighted by Crippen LogP contribution is -2.30. The molecule has 3 aromatic rings. The molecule has 28 heavy (non-hydrogen) atoms. The van der Waals surface area contributed by atoms with Crippen LogP contribution >= 0.6 is 0 Å². The summed E-state index contributed by atoms with van der Waals surface area (Å²) >= 11 is 0. The lowest BCUT2D eigenvalue weighted by molar-refractivity contribution is -0.117. The van der Waals surface area contributed by atoms with E-state index in [9.17, 15) is 14.4 Å². The van der Waals surface area contributed by atoms with E-state index in [-0.39, 0.29) is 24.0 Å². The van der Waals surface area contributed by atoms with Gasteiger partial charge in [-0.3, -0.25) is 14.5 Å². The second-order valence-corrected chi connectivity index (χ2v) is 6.57. The minimum atomic E-state index is -0.351. The Labute approximate surface area is 160 Å². The Morgan fingerprint density at radius 2 is 1.82 bits per heavy atom. The number of hydrogen-bond acceptors (Lipinski definition) is 4. The zero-order valence-electron chi connectivity index (χ0n) is 15.3. The van der Waals surface area contributed by atoms with Gasteiger partial charge in [-0.2, -0.15) is 5.10 Å². The van der Waals surface area contributed by atoms with Crippen molar-refractivity contribution in [2.45, 2.75) is 13.5 Å². The van der Waals surface area contributed by atoms with Gasteiger partial charge in [-0.25, -0.2) is 9.48 Å². The molecule has 0 spiro atoms. The van der Waals surface area contributed by atoms with Gasteiger partial charge in [-0.1, -0.05) is 18.2 Å². The highest BCUT2D eigenvalue weighted by atomic mass is 16.2. The number of carbonyl (C=O) groups is 2. The third kappa shape index (κ3) is 3.32. The molecule has 0 aliphatic carbocycles. The standard InChI is InChI=1S/C20H19N5O3/c1-13-16-4-2-3-5-17(16)19(27)25(23-13)12-18(26)22-14-6-8-15(9-7-14)24-11-10-21-20(24)28/h2-9H,10-12H2,1H3,(H,21,28)(H,22,26). The number of anilines is 2. The highest BCUT2D eigenvalue weighted by Crippen LogP contribution is 2.19. The highest BCUT2D eigenvalue weighted by Gasteiger charge is 2.20. The smallest absolute Gasteiger partial charge is 0.321 e. The van der Waals surface area contributed by atoms with E-state index in [0.29, 0.717) is 29.9 Å². The van der Waals surface area contributed by atoms with Crippen LogP contribution in [0.2, 0.25) is 0 Å². The van der Waals surface area contributed by atoms with Crippen molar-refractivity contribution >= 4 is 34.1 Å². The minimum Gasteiger partial charge on any atom is -0.336 e. The molecule has 0 unspecified atom stereocenters. The van der Waals surface area contributed by atoms with Gasteiger partial charge in [-0.05, 0) is 37.3 Å². The van der Waals surface area contributed by atoms with E-state index < -0.39 is 0 Å². The van der Waals surface area contributed by atoms with Crippen molar-refractivity contribution in [3.8, 4) is 0 Å². The summed E-state index contributed by atoms with van der Waals surface area (Å²) in [6.07, 6.45) is 0. The Bertz CT molecular complexity index is 1120. The van der Waals surface area contributed by atoms with Gasteiger partial charge in [0.05, 0.1) is 11.1 Å². The predicted molar refractivity (Wildman–Crippen MR) is 107 cm³/mol. The first-order valence-electron chi connectivity index (χ1n) is 8.95. The van der Waals surface area contributed by atoms with E-state index in [1.54, 1.807) is 41.3 Å². The van der Waals surface area contributed by atoms with Crippen molar-refractivity contribution in [1.29, 1.82) is 0 Å².